The molecule has 8 heteroatoms. The van der Waals surface area contributed by atoms with E-state index in [0.717, 1.165) is 12.0 Å². The van der Waals surface area contributed by atoms with Gasteiger partial charge in [-0.25, -0.2) is 4.68 Å². The SMILES string of the molecule is C#CC(=O)C1CCC[C@@H](C(=O)N(Cc2ccc(OC)cc2OC)c2c(C)n(C)n(-c3ccccc3)c2=O)C1. The van der Waals surface area contributed by atoms with E-state index < -0.39 is 5.92 Å². The lowest BCUT2D eigenvalue weighted by Gasteiger charge is -2.31. The van der Waals surface area contributed by atoms with E-state index in [1.165, 1.54) is 0 Å². The summed E-state index contributed by atoms with van der Waals surface area (Å²) in [5, 5.41) is 0. The first kappa shape index (κ1) is 26.8. The Morgan fingerprint density at radius 2 is 1.79 bits per heavy atom. The molecule has 1 aliphatic carbocycles. The normalized spacial score (nSPS) is 16.9. The molecular formula is C30H33N3O5. The molecule has 0 saturated heterocycles. The minimum Gasteiger partial charge on any atom is -0.497 e. The number of rotatable bonds is 8. The molecule has 1 aromatic heterocycles. The summed E-state index contributed by atoms with van der Waals surface area (Å²) in [5.74, 6) is 2.13. The van der Waals surface area contributed by atoms with Crippen LogP contribution in [0.2, 0.25) is 0 Å². The molecule has 1 amide bonds. The second-order valence-corrected chi connectivity index (χ2v) is 9.58. The summed E-state index contributed by atoms with van der Waals surface area (Å²) in [4.78, 5) is 41.9. The molecule has 3 aromatic rings. The number of Topliss-reactive ketones (excluding diaryl/α,β-unsaturated/α-hetero) is 1. The van der Waals surface area contributed by atoms with E-state index in [0.29, 0.717) is 47.8 Å². The Bertz CT molecular complexity index is 1430. The number of aromatic nitrogens is 2. The molecule has 1 saturated carbocycles. The lowest BCUT2D eigenvalue weighted by Crippen LogP contribution is -2.41. The summed E-state index contributed by atoms with van der Waals surface area (Å²) in [6.45, 7) is 1.94. The summed E-state index contributed by atoms with van der Waals surface area (Å²) >= 11 is 0. The molecule has 2 aromatic carbocycles. The number of nitrogens with zero attached hydrogens (tertiary/aromatic N) is 3. The van der Waals surface area contributed by atoms with E-state index in [1.54, 1.807) is 47.7 Å². The van der Waals surface area contributed by atoms with Gasteiger partial charge in [-0.2, -0.15) is 0 Å². The van der Waals surface area contributed by atoms with Gasteiger partial charge in [0.1, 0.15) is 17.2 Å². The third-order valence-electron chi connectivity index (χ3n) is 7.42. The fraction of sp³-hybridized carbons (Fsp3) is 0.367. The molecule has 0 spiro atoms. The molecule has 4 rings (SSSR count). The van der Waals surface area contributed by atoms with Crippen LogP contribution in [0.25, 0.3) is 5.69 Å². The molecule has 1 fully saturated rings. The fourth-order valence-corrected chi connectivity index (χ4v) is 5.28. The van der Waals surface area contributed by atoms with Crippen LogP contribution in [0, 0.1) is 31.1 Å². The van der Waals surface area contributed by atoms with Gasteiger partial charge < -0.3 is 14.4 Å². The Balaban J connectivity index is 1.82. The molecule has 2 atom stereocenters. The van der Waals surface area contributed by atoms with Gasteiger partial charge in [0.05, 0.1) is 32.1 Å². The number of ketones is 1. The monoisotopic (exact) mass is 515 g/mol. The van der Waals surface area contributed by atoms with Crippen LogP contribution >= 0.6 is 0 Å². The van der Waals surface area contributed by atoms with Gasteiger partial charge in [-0.15, -0.1) is 6.42 Å². The molecule has 0 bridgehead atoms. The van der Waals surface area contributed by atoms with Crippen molar-refractivity contribution in [3.63, 3.8) is 0 Å². The number of para-hydroxylation sites is 1. The van der Waals surface area contributed by atoms with Crippen molar-refractivity contribution in [3.8, 4) is 29.5 Å². The number of benzene rings is 2. The Morgan fingerprint density at radius 1 is 1.08 bits per heavy atom. The van der Waals surface area contributed by atoms with E-state index in [2.05, 4.69) is 5.92 Å². The molecule has 0 radical (unpaired) electrons. The van der Waals surface area contributed by atoms with Crippen molar-refractivity contribution in [1.82, 2.24) is 9.36 Å². The van der Waals surface area contributed by atoms with Crippen LogP contribution in [0.5, 0.6) is 11.5 Å². The average Bonchev–Trinajstić information content (AvgIpc) is 3.18. The van der Waals surface area contributed by atoms with E-state index in [4.69, 9.17) is 15.9 Å². The minimum atomic E-state index is -0.431. The van der Waals surface area contributed by atoms with Gasteiger partial charge in [-0.1, -0.05) is 24.6 Å². The minimum absolute atomic E-state index is 0.116. The van der Waals surface area contributed by atoms with Crippen molar-refractivity contribution in [2.24, 2.45) is 18.9 Å². The lowest BCUT2D eigenvalue weighted by atomic mass is 9.78. The van der Waals surface area contributed by atoms with E-state index in [9.17, 15) is 14.4 Å². The topological polar surface area (TPSA) is 82.8 Å². The standard InChI is InChI=1S/C30H33N3O5/c1-6-26(34)21-11-10-12-22(17-21)29(35)32(19-23-15-16-25(37-4)18-27(23)38-5)28-20(2)31(3)33(30(28)36)24-13-8-7-9-14-24/h1,7-9,13-16,18,21-22H,10-12,17,19H2,2-5H3/t21?,22-/m1/s1. The fourth-order valence-electron chi connectivity index (χ4n) is 5.28. The van der Waals surface area contributed by atoms with Gasteiger partial charge in [-0.05, 0) is 56.4 Å². The molecule has 1 heterocycles. The van der Waals surface area contributed by atoms with Crippen molar-refractivity contribution < 1.29 is 19.1 Å². The first-order valence-corrected chi connectivity index (χ1v) is 12.7. The largest absolute Gasteiger partial charge is 0.497 e. The van der Waals surface area contributed by atoms with Crippen molar-refractivity contribution in [1.29, 1.82) is 0 Å². The predicted molar refractivity (Wildman–Crippen MR) is 146 cm³/mol. The number of hydrogen-bond donors (Lipinski definition) is 0. The molecule has 38 heavy (non-hydrogen) atoms. The van der Waals surface area contributed by atoms with Crippen molar-refractivity contribution >= 4 is 17.4 Å². The number of terminal acetylenes is 1. The van der Waals surface area contributed by atoms with Crippen molar-refractivity contribution in [2.75, 3.05) is 19.1 Å². The molecule has 1 unspecified atom stereocenters. The van der Waals surface area contributed by atoms with Crippen LogP contribution in [0.3, 0.4) is 0 Å². The molecule has 198 valence electrons. The van der Waals surface area contributed by atoms with Gasteiger partial charge in [0.25, 0.3) is 5.56 Å². The van der Waals surface area contributed by atoms with Gasteiger partial charge in [0.2, 0.25) is 11.7 Å². The second-order valence-electron chi connectivity index (χ2n) is 9.58. The highest BCUT2D eigenvalue weighted by atomic mass is 16.5. The highest BCUT2D eigenvalue weighted by Crippen LogP contribution is 2.34. The molecule has 0 aliphatic heterocycles. The summed E-state index contributed by atoms with van der Waals surface area (Å²) < 4.78 is 14.2. The third-order valence-corrected chi connectivity index (χ3v) is 7.42. The average molecular weight is 516 g/mol. The zero-order chi connectivity index (χ0) is 27.4. The quantitative estimate of drug-likeness (QED) is 0.334. The van der Waals surface area contributed by atoms with Gasteiger partial charge in [0, 0.05) is 30.5 Å². The second kappa shape index (κ2) is 11.4. The van der Waals surface area contributed by atoms with Crippen LogP contribution in [0.1, 0.15) is 36.9 Å². The molecule has 0 N–H and O–H groups in total. The van der Waals surface area contributed by atoms with Crippen LogP contribution in [0.15, 0.2) is 53.3 Å². The zero-order valence-electron chi connectivity index (χ0n) is 22.3. The van der Waals surface area contributed by atoms with Crippen molar-refractivity contribution in [2.45, 2.75) is 39.2 Å². The Kier molecular flexibility index (Phi) is 8.06. The van der Waals surface area contributed by atoms with Crippen LogP contribution in [0.4, 0.5) is 5.69 Å². The van der Waals surface area contributed by atoms with Crippen LogP contribution in [-0.2, 0) is 23.2 Å². The lowest BCUT2D eigenvalue weighted by molar-refractivity contribution is -0.125. The number of carbonyl (C=O) groups is 2. The Morgan fingerprint density at radius 3 is 2.45 bits per heavy atom. The number of ether oxygens (including phenoxy) is 2. The van der Waals surface area contributed by atoms with Gasteiger partial charge >= 0.3 is 0 Å². The zero-order valence-corrected chi connectivity index (χ0v) is 22.3. The summed E-state index contributed by atoms with van der Waals surface area (Å²) in [6, 6.07) is 14.7. The van der Waals surface area contributed by atoms with E-state index in [1.807, 2.05) is 43.3 Å². The predicted octanol–water partition coefficient (Wildman–Crippen LogP) is 4.04. The molecular weight excluding hydrogens is 482 g/mol. The number of methoxy groups -OCH3 is 2. The number of anilines is 1. The van der Waals surface area contributed by atoms with E-state index >= 15 is 0 Å². The molecule has 8 nitrogen and oxygen atoms in total. The first-order chi connectivity index (χ1) is 18.3. The summed E-state index contributed by atoms with van der Waals surface area (Å²) in [7, 11) is 4.92. The maximum Gasteiger partial charge on any atom is 0.295 e. The maximum absolute atomic E-state index is 14.2. The third kappa shape index (κ3) is 5.10. The molecule has 1 aliphatic rings. The maximum atomic E-state index is 14.2. The first-order valence-electron chi connectivity index (χ1n) is 12.7. The highest BCUT2D eigenvalue weighted by Gasteiger charge is 2.36. The van der Waals surface area contributed by atoms with Crippen LogP contribution in [-0.4, -0.2) is 35.3 Å². The van der Waals surface area contributed by atoms with Crippen molar-refractivity contribution in [3.05, 3.63) is 70.1 Å². The smallest absolute Gasteiger partial charge is 0.295 e. The summed E-state index contributed by atoms with van der Waals surface area (Å²) in [6.07, 6.45) is 7.77. The van der Waals surface area contributed by atoms with Gasteiger partial charge in [0.15, 0.2) is 0 Å². The highest BCUT2D eigenvalue weighted by molar-refractivity contribution is 5.99. The Labute approximate surface area is 222 Å². The number of carbonyl (C=O) groups excluding carboxylic acids is 2. The summed E-state index contributed by atoms with van der Waals surface area (Å²) in [5.41, 5.74) is 2.06. The number of hydrogen-bond acceptors (Lipinski definition) is 5. The Hall–Kier alpha value is -4.25. The van der Waals surface area contributed by atoms with E-state index in [-0.39, 0.29) is 29.7 Å². The van der Waals surface area contributed by atoms with Crippen LogP contribution < -0.4 is 19.9 Å². The van der Waals surface area contributed by atoms with Gasteiger partial charge in [-0.3, -0.25) is 19.1 Å². The number of amides is 1.